The zero-order valence-electron chi connectivity index (χ0n) is 50.4. The zero-order chi connectivity index (χ0) is 62.3. The highest BCUT2D eigenvalue weighted by molar-refractivity contribution is 7.91. The molecule has 480 valence electrons. The zero-order valence-corrected chi connectivity index (χ0v) is 53.7. The van der Waals surface area contributed by atoms with E-state index < -0.39 is 107 Å². The van der Waals surface area contributed by atoms with Crippen molar-refractivity contribution >= 4 is 102 Å². The van der Waals surface area contributed by atoms with E-state index in [1.165, 1.54) is 22.9 Å². The van der Waals surface area contributed by atoms with Gasteiger partial charge in [-0.3, -0.25) is 38.3 Å². The Bertz CT molecular complexity index is 3570. The first-order valence-corrected chi connectivity index (χ1v) is 32.0. The van der Waals surface area contributed by atoms with Crippen LogP contribution in [0.3, 0.4) is 0 Å². The number of sulfonamides is 2. The summed E-state index contributed by atoms with van der Waals surface area (Å²) in [7, 11) is -2.94. The Labute approximate surface area is 525 Å². The molecule has 4 saturated carbocycles. The van der Waals surface area contributed by atoms with Gasteiger partial charge in [0.25, 0.3) is 11.8 Å². The molecule has 88 heavy (non-hydrogen) atoms. The third-order valence-corrected chi connectivity index (χ3v) is 20.4. The first-order chi connectivity index (χ1) is 40.7. The first kappa shape index (κ1) is 68.5. The molecule has 6 fully saturated rings. The Balaban J connectivity index is 0.000000261. The van der Waals surface area contributed by atoms with Crippen molar-refractivity contribution in [3.05, 3.63) is 86.2 Å². The van der Waals surface area contributed by atoms with Crippen LogP contribution in [-0.2, 0) is 48.8 Å². The summed E-state index contributed by atoms with van der Waals surface area (Å²) in [4.78, 5) is 92.9. The maximum absolute atomic E-state index is 14.6. The Morgan fingerprint density at radius 1 is 0.750 bits per heavy atom. The summed E-state index contributed by atoms with van der Waals surface area (Å²) >= 11 is 0. The molecule has 0 radical (unpaired) electrons. The number of benzene rings is 2. The first-order valence-electron chi connectivity index (χ1n) is 28.9. The number of carbonyl (C=O) groups excluding carboxylic acids is 6. The summed E-state index contributed by atoms with van der Waals surface area (Å²) in [5.74, 6) is -2.10. The molecule has 2 aliphatic heterocycles. The number of likely N-dealkylation sites (N-methyl/N-ethyl adjacent to an activating group) is 1. The van der Waals surface area contributed by atoms with Crippen LogP contribution in [0.5, 0.6) is 23.3 Å². The smallest absolute Gasteiger partial charge is 0.410 e. The van der Waals surface area contributed by atoms with E-state index in [0.717, 1.165) is 21.9 Å². The van der Waals surface area contributed by atoms with Crippen molar-refractivity contribution in [2.75, 3.05) is 34.4 Å². The van der Waals surface area contributed by atoms with Gasteiger partial charge in [-0.1, -0.05) is 32.4 Å². The van der Waals surface area contributed by atoms with Gasteiger partial charge >= 0.3 is 6.09 Å². The van der Waals surface area contributed by atoms with Gasteiger partial charge in [-0.05, 0) is 125 Å². The number of amides is 6. The molecule has 10 rings (SSSR count). The lowest BCUT2D eigenvalue weighted by atomic mass is 9.96. The largest absolute Gasteiger partial charge is 0.497 e. The number of hydrogen-bond acceptors (Lipinski definition) is 18. The standard InChI is InChI=1S/C36H49N5O9S.C24H28N4O6S.2ClH/c1-9-21(3)29(40(7)34(45)50-35(4,5)6)32(43)41-20-25(49-31-27-14-11-24(48-8)17-22(27)15-16-37-31)18-28(41)30(42)38-36(19-23(36)10-2)33(44)39-51(46,47)26-12-13-26;1-3-15-12-24(15,23(30)28-35(31,32)18-5-6-18)27-21(29)20-11-17(13-26-20)34-22-19-7-4-16(33-2)10-14(19)8-9-25-22;;/h10-11,14-17,21,23,25-26,28-29H,2,9,12-13,18-20H2,1,3-8H3,(H,38,42)(H,39,44);3-4,7-10,15,17-18,20,26H,1,5-6,11-13H2,2H3,(H,27,29)(H,28,30);2*1H/t21-,23+,25?,28-,29?,36+;15-,17?,20+,24?;;/m01../s1. The van der Waals surface area contributed by atoms with Gasteiger partial charge in [0.05, 0.1) is 37.3 Å². The van der Waals surface area contributed by atoms with Crippen molar-refractivity contribution in [3.63, 3.8) is 0 Å². The van der Waals surface area contributed by atoms with Crippen LogP contribution in [0.2, 0.25) is 0 Å². The molecule has 0 spiro atoms. The van der Waals surface area contributed by atoms with Gasteiger partial charge in [-0.25, -0.2) is 31.6 Å². The van der Waals surface area contributed by atoms with Crippen LogP contribution in [0, 0.1) is 17.8 Å². The quantitative estimate of drug-likeness (QED) is 0.0615. The van der Waals surface area contributed by atoms with Crippen LogP contribution >= 0.6 is 24.8 Å². The lowest BCUT2D eigenvalue weighted by molar-refractivity contribution is -0.144. The molecule has 4 aliphatic carbocycles. The molecule has 5 N–H and O–H groups in total. The van der Waals surface area contributed by atoms with Gasteiger partial charge < -0.3 is 44.5 Å². The number of nitrogens with one attached hydrogen (secondary N) is 5. The average molecular weight is 1300 g/mol. The summed E-state index contributed by atoms with van der Waals surface area (Å²) in [6, 6.07) is 12.0. The topological polar surface area (TPSA) is 309 Å². The van der Waals surface area contributed by atoms with E-state index in [2.05, 4.69) is 48.5 Å². The number of aromatic nitrogens is 2. The third-order valence-electron chi connectivity index (χ3n) is 16.7. The van der Waals surface area contributed by atoms with Crippen LogP contribution < -0.4 is 44.3 Å². The van der Waals surface area contributed by atoms with Gasteiger partial charge in [0.15, 0.2) is 0 Å². The molecule has 24 nitrogen and oxygen atoms in total. The highest BCUT2D eigenvalue weighted by Gasteiger charge is 2.63. The molecule has 2 aromatic carbocycles. The minimum atomic E-state index is -3.89. The highest BCUT2D eigenvalue weighted by atomic mass is 35.5. The monoisotopic (exact) mass is 1300 g/mol. The molecule has 10 atom stereocenters. The van der Waals surface area contributed by atoms with Crippen molar-refractivity contribution in [3.8, 4) is 23.3 Å². The summed E-state index contributed by atoms with van der Waals surface area (Å²) in [5, 5.41) is 10.8. The van der Waals surface area contributed by atoms with Gasteiger partial charge in [0, 0.05) is 61.4 Å². The Kier molecular flexibility index (Phi) is 21.0. The molecule has 2 saturated heterocycles. The SMILES string of the molecule is C=C[C@@H]1CC1(NC(=O)[C@@H]1CC(Oc2nccc3cc(OC)ccc23)CN1)C(=O)NS(=O)(=O)C1CC1.C=C[C@@H]1C[C@]1(NC(=O)[C@@H]1CC(Oc2nccc3cc(OC)ccc23)CN1C(=O)C([C@@H](C)CC)N(C)C(=O)OC(C)(C)C)C(=O)NS(=O)(=O)C1CC1.Cl.Cl. The maximum Gasteiger partial charge on any atom is 0.410 e. The van der Waals surface area contributed by atoms with E-state index in [0.29, 0.717) is 74.4 Å². The van der Waals surface area contributed by atoms with E-state index in [4.69, 9.17) is 23.7 Å². The number of ether oxygens (including phenoxy) is 5. The van der Waals surface area contributed by atoms with E-state index in [1.807, 2.05) is 56.3 Å². The van der Waals surface area contributed by atoms with Gasteiger partial charge in [0.1, 0.15) is 52.5 Å². The summed E-state index contributed by atoms with van der Waals surface area (Å²) in [6.07, 6.45) is 8.02. The number of pyridine rings is 2. The predicted octanol–water partition coefficient (Wildman–Crippen LogP) is 5.41. The summed E-state index contributed by atoms with van der Waals surface area (Å²) < 4.78 is 82.9. The molecular weight excluding hydrogens is 1220 g/mol. The minimum Gasteiger partial charge on any atom is -0.497 e. The molecule has 6 aliphatic rings. The van der Waals surface area contributed by atoms with Crippen LogP contribution in [0.25, 0.3) is 21.5 Å². The Morgan fingerprint density at radius 2 is 1.23 bits per heavy atom. The fourth-order valence-electron chi connectivity index (χ4n) is 11.1. The maximum atomic E-state index is 14.6. The fraction of sp³-hybridized carbons (Fsp3) is 0.533. The number of methoxy groups -OCH3 is 2. The lowest BCUT2D eigenvalue weighted by Crippen LogP contribution is -2.59. The fourth-order valence-corrected chi connectivity index (χ4v) is 13.8. The lowest BCUT2D eigenvalue weighted by Gasteiger charge is -2.36. The van der Waals surface area contributed by atoms with E-state index in [-0.39, 0.29) is 68.0 Å². The number of nitrogens with zero attached hydrogens (tertiary/aromatic N) is 4. The van der Waals surface area contributed by atoms with Gasteiger partial charge in [-0.2, -0.15) is 0 Å². The molecule has 4 aromatic rings. The number of carbonyl (C=O) groups is 6. The highest BCUT2D eigenvalue weighted by Crippen LogP contribution is 2.47. The average Bonchev–Trinajstić information content (AvgIpc) is 1.73. The molecule has 4 unspecified atom stereocenters. The van der Waals surface area contributed by atoms with E-state index >= 15 is 0 Å². The molecule has 0 bridgehead atoms. The predicted molar refractivity (Wildman–Crippen MR) is 332 cm³/mol. The summed E-state index contributed by atoms with van der Waals surface area (Å²) in [6.45, 7) is 16.8. The van der Waals surface area contributed by atoms with Crippen LogP contribution in [0.4, 0.5) is 4.79 Å². The molecule has 28 heteroatoms. The van der Waals surface area contributed by atoms with Crippen molar-refractivity contribution in [2.45, 2.75) is 150 Å². The third kappa shape index (κ3) is 15.0. The van der Waals surface area contributed by atoms with Gasteiger partial charge in [0.2, 0.25) is 49.5 Å². The minimum absolute atomic E-state index is 0. The molecule has 2 aromatic heterocycles. The summed E-state index contributed by atoms with van der Waals surface area (Å²) in [5.41, 5.74) is -3.65. The molecule has 6 amide bonds. The number of hydrogen-bond donors (Lipinski definition) is 5. The number of rotatable bonds is 22. The van der Waals surface area contributed by atoms with Crippen molar-refractivity contribution in [2.24, 2.45) is 17.8 Å². The number of likely N-dealkylation sites (tertiary alicyclic amines) is 1. The second-order valence-electron chi connectivity index (χ2n) is 24.1. The van der Waals surface area contributed by atoms with Crippen molar-refractivity contribution in [1.82, 2.24) is 45.2 Å². The van der Waals surface area contributed by atoms with Crippen LogP contribution in [0.1, 0.15) is 92.4 Å². The molecular formula is C60H79Cl2N9O15S2. The van der Waals surface area contributed by atoms with Crippen LogP contribution in [-0.4, -0.2) is 164 Å². The number of halogens is 2. The van der Waals surface area contributed by atoms with Crippen molar-refractivity contribution < 1.29 is 69.3 Å². The Hall–Kier alpha value is -7.00. The van der Waals surface area contributed by atoms with Crippen molar-refractivity contribution in [1.29, 1.82) is 0 Å². The number of fused-ring (bicyclic) bond motifs is 2. The van der Waals surface area contributed by atoms with E-state index in [9.17, 15) is 45.6 Å². The van der Waals surface area contributed by atoms with E-state index in [1.54, 1.807) is 59.5 Å². The normalized spacial score (nSPS) is 25.1. The second kappa shape index (κ2) is 27.0. The Morgan fingerprint density at radius 3 is 1.66 bits per heavy atom. The van der Waals surface area contributed by atoms with Crippen LogP contribution in [0.15, 0.2) is 86.2 Å². The van der Waals surface area contributed by atoms with Gasteiger partial charge in [-0.15, -0.1) is 38.0 Å². The second-order valence-corrected chi connectivity index (χ2v) is 28.0. The molecule has 4 heterocycles.